The predicted molar refractivity (Wildman–Crippen MR) is 93.7 cm³/mol. The fourth-order valence-corrected chi connectivity index (χ4v) is 2.40. The second kappa shape index (κ2) is 7.62. The Kier molecular flexibility index (Phi) is 5.78. The third kappa shape index (κ3) is 4.45. The summed E-state index contributed by atoms with van der Waals surface area (Å²) >= 11 is 5.92. The number of nitrogens with zero attached hydrogens (tertiary/aromatic N) is 2. The molecule has 6 heteroatoms. The van der Waals surface area contributed by atoms with Crippen LogP contribution in [0.5, 0.6) is 5.88 Å². The zero-order valence-corrected chi connectivity index (χ0v) is 15.0. The summed E-state index contributed by atoms with van der Waals surface area (Å²) < 4.78 is 5.66. The molecule has 0 aliphatic carbocycles. The van der Waals surface area contributed by atoms with Crippen molar-refractivity contribution in [1.29, 1.82) is 0 Å². The van der Waals surface area contributed by atoms with Gasteiger partial charge in [-0.3, -0.25) is 0 Å². The molecule has 24 heavy (non-hydrogen) atoms. The van der Waals surface area contributed by atoms with Gasteiger partial charge >= 0.3 is 5.97 Å². The first-order valence-electron chi connectivity index (χ1n) is 7.84. The number of benzene rings is 1. The highest BCUT2D eigenvalue weighted by Gasteiger charge is 2.23. The molecule has 0 saturated carbocycles. The van der Waals surface area contributed by atoms with Crippen molar-refractivity contribution in [1.82, 2.24) is 9.97 Å². The molecule has 0 amide bonds. The lowest BCUT2D eigenvalue weighted by Crippen LogP contribution is -2.16. The van der Waals surface area contributed by atoms with Gasteiger partial charge in [0.15, 0.2) is 5.82 Å². The summed E-state index contributed by atoms with van der Waals surface area (Å²) in [5.74, 6) is -0.289. The first-order valence-corrected chi connectivity index (χ1v) is 8.22. The van der Waals surface area contributed by atoms with E-state index in [-0.39, 0.29) is 23.5 Å². The normalized spacial score (nSPS) is 11.1. The van der Waals surface area contributed by atoms with Crippen LogP contribution in [0.2, 0.25) is 5.02 Å². The molecule has 0 aliphatic rings. The number of aromatic nitrogens is 2. The molecule has 1 N–H and O–H groups in total. The summed E-state index contributed by atoms with van der Waals surface area (Å²) in [6, 6.07) is 7.10. The van der Waals surface area contributed by atoms with Crippen LogP contribution < -0.4 is 4.74 Å². The molecule has 0 spiro atoms. The maximum atomic E-state index is 11.7. The molecule has 5 nitrogen and oxygen atoms in total. The van der Waals surface area contributed by atoms with Crippen molar-refractivity contribution in [2.24, 2.45) is 5.92 Å². The van der Waals surface area contributed by atoms with Crippen molar-refractivity contribution in [3.63, 3.8) is 0 Å². The van der Waals surface area contributed by atoms with E-state index < -0.39 is 5.97 Å². The van der Waals surface area contributed by atoms with Crippen molar-refractivity contribution in [3.8, 4) is 17.3 Å². The Bertz CT molecular complexity index is 697. The summed E-state index contributed by atoms with van der Waals surface area (Å²) in [4.78, 5) is 20.6. The zero-order valence-electron chi connectivity index (χ0n) is 14.2. The van der Waals surface area contributed by atoms with Crippen LogP contribution >= 0.6 is 11.6 Å². The summed E-state index contributed by atoms with van der Waals surface area (Å²) in [5.41, 5.74) is 1.28. The molecule has 1 aromatic heterocycles. The third-order valence-corrected chi connectivity index (χ3v) is 3.47. The average molecular weight is 349 g/mol. The molecule has 1 aromatic carbocycles. The van der Waals surface area contributed by atoms with E-state index in [1.807, 2.05) is 27.7 Å². The van der Waals surface area contributed by atoms with E-state index in [4.69, 9.17) is 16.3 Å². The largest absolute Gasteiger partial charge is 0.477 e. The number of aromatic carboxylic acids is 1. The van der Waals surface area contributed by atoms with Crippen molar-refractivity contribution in [2.45, 2.75) is 40.2 Å². The molecule has 0 fully saturated rings. The fraction of sp³-hybridized carbons (Fsp3) is 0.389. The molecule has 0 unspecified atom stereocenters. The highest BCUT2D eigenvalue weighted by Crippen LogP contribution is 2.27. The lowest BCUT2D eigenvalue weighted by Gasteiger charge is -2.16. The van der Waals surface area contributed by atoms with Crippen LogP contribution in [0.15, 0.2) is 24.3 Å². The predicted octanol–water partition coefficient (Wildman–Crippen LogP) is 4.48. The van der Waals surface area contributed by atoms with Crippen LogP contribution in [-0.2, 0) is 6.42 Å². The summed E-state index contributed by atoms with van der Waals surface area (Å²) in [6.45, 7) is 7.69. The molecule has 0 bridgehead atoms. The Morgan fingerprint density at radius 3 is 2.29 bits per heavy atom. The van der Waals surface area contributed by atoms with E-state index in [1.54, 1.807) is 24.3 Å². The van der Waals surface area contributed by atoms with Gasteiger partial charge in [-0.1, -0.05) is 25.4 Å². The van der Waals surface area contributed by atoms with Crippen LogP contribution in [0.4, 0.5) is 0 Å². The Hall–Kier alpha value is -2.14. The van der Waals surface area contributed by atoms with Crippen LogP contribution in [0.3, 0.4) is 0 Å². The summed E-state index contributed by atoms with van der Waals surface area (Å²) in [5, 5.41) is 10.2. The Morgan fingerprint density at radius 1 is 1.17 bits per heavy atom. The van der Waals surface area contributed by atoms with Crippen LogP contribution in [0.25, 0.3) is 11.4 Å². The number of rotatable bonds is 6. The lowest BCUT2D eigenvalue weighted by atomic mass is 10.0. The molecular weight excluding hydrogens is 328 g/mol. The van der Waals surface area contributed by atoms with E-state index in [0.717, 1.165) is 5.56 Å². The molecule has 0 atom stereocenters. The monoisotopic (exact) mass is 348 g/mol. The first-order chi connectivity index (χ1) is 11.3. The topological polar surface area (TPSA) is 72.3 Å². The number of halogens is 1. The second-order valence-corrected chi connectivity index (χ2v) is 6.69. The molecule has 0 radical (unpaired) electrons. The van der Waals surface area contributed by atoms with Gasteiger partial charge in [-0.05, 0) is 50.5 Å². The van der Waals surface area contributed by atoms with Gasteiger partial charge in [-0.2, -0.15) is 4.98 Å². The standard InChI is InChI=1S/C18H21ClN2O3/c1-10(2)9-14-15(18(22)23)17(24-11(3)4)21-16(20-14)12-5-7-13(19)8-6-12/h5-8,10-11H,9H2,1-4H3,(H,22,23). The SMILES string of the molecule is CC(C)Cc1nc(-c2ccc(Cl)cc2)nc(OC(C)C)c1C(=O)O. The molecule has 128 valence electrons. The molecule has 2 rings (SSSR count). The smallest absolute Gasteiger partial charge is 0.343 e. The van der Waals surface area contributed by atoms with Crippen molar-refractivity contribution in [2.75, 3.05) is 0 Å². The lowest BCUT2D eigenvalue weighted by molar-refractivity contribution is 0.0687. The van der Waals surface area contributed by atoms with Gasteiger partial charge in [0.25, 0.3) is 0 Å². The first kappa shape index (κ1) is 18.2. The van der Waals surface area contributed by atoms with E-state index in [2.05, 4.69) is 9.97 Å². The quantitative estimate of drug-likeness (QED) is 0.833. The van der Waals surface area contributed by atoms with Crippen molar-refractivity contribution < 1.29 is 14.6 Å². The second-order valence-electron chi connectivity index (χ2n) is 6.25. The van der Waals surface area contributed by atoms with Gasteiger partial charge in [0.05, 0.1) is 11.8 Å². The van der Waals surface area contributed by atoms with E-state index in [9.17, 15) is 9.90 Å². The number of hydrogen-bond acceptors (Lipinski definition) is 4. The number of carboxylic acids is 1. The van der Waals surface area contributed by atoms with Crippen molar-refractivity contribution >= 4 is 17.6 Å². The maximum Gasteiger partial charge on any atom is 0.343 e. The van der Waals surface area contributed by atoms with Gasteiger partial charge in [0.1, 0.15) is 5.56 Å². The molecule has 0 aliphatic heterocycles. The molecule has 2 aromatic rings. The minimum atomic E-state index is -1.08. The number of ether oxygens (including phenoxy) is 1. The summed E-state index contributed by atoms with van der Waals surface area (Å²) in [6.07, 6.45) is 0.335. The van der Waals surface area contributed by atoms with E-state index in [0.29, 0.717) is 23.0 Å². The number of hydrogen-bond donors (Lipinski definition) is 1. The number of carbonyl (C=O) groups is 1. The zero-order chi connectivity index (χ0) is 17.9. The van der Waals surface area contributed by atoms with E-state index >= 15 is 0 Å². The van der Waals surface area contributed by atoms with Gasteiger partial charge in [-0.15, -0.1) is 0 Å². The number of carboxylic acid groups (broad SMARTS) is 1. The summed E-state index contributed by atoms with van der Waals surface area (Å²) in [7, 11) is 0. The maximum absolute atomic E-state index is 11.7. The Balaban J connectivity index is 2.63. The van der Waals surface area contributed by atoms with E-state index in [1.165, 1.54) is 0 Å². The molecule has 0 saturated heterocycles. The van der Waals surface area contributed by atoms with Gasteiger partial charge in [-0.25, -0.2) is 9.78 Å². The third-order valence-electron chi connectivity index (χ3n) is 3.22. The van der Waals surface area contributed by atoms with Crippen LogP contribution in [0, 0.1) is 5.92 Å². The minimum absolute atomic E-state index is 0.0371. The minimum Gasteiger partial charge on any atom is -0.477 e. The van der Waals surface area contributed by atoms with Gasteiger partial charge in [0.2, 0.25) is 5.88 Å². The fourth-order valence-electron chi connectivity index (χ4n) is 2.27. The van der Waals surface area contributed by atoms with Gasteiger partial charge in [0, 0.05) is 10.6 Å². The average Bonchev–Trinajstić information content (AvgIpc) is 2.45. The Labute approximate surface area is 146 Å². The van der Waals surface area contributed by atoms with Crippen LogP contribution in [0.1, 0.15) is 43.7 Å². The van der Waals surface area contributed by atoms with Gasteiger partial charge < -0.3 is 9.84 Å². The molecular formula is C18H21ClN2O3. The molecule has 1 heterocycles. The highest BCUT2D eigenvalue weighted by atomic mass is 35.5. The van der Waals surface area contributed by atoms with Crippen molar-refractivity contribution in [3.05, 3.63) is 40.5 Å². The van der Waals surface area contributed by atoms with Crippen LogP contribution in [-0.4, -0.2) is 27.1 Å². The Morgan fingerprint density at radius 2 is 1.79 bits per heavy atom. The highest BCUT2D eigenvalue weighted by molar-refractivity contribution is 6.30.